The van der Waals surface area contributed by atoms with Gasteiger partial charge in [-0.25, -0.2) is 9.37 Å². The van der Waals surface area contributed by atoms with Crippen molar-refractivity contribution in [2.45, 2.75) is 19.4 Å². The molecule has 0 aliphatic heterocycles. The number of nitrogens with one attached hydrogen (secondary N) is 3. The number of hydrogen-bond donors (Lipinski definition) is 3. The molecule has 3 rings (SSSR count). The molecule has 1 aromatic heterocycles. The zero-order valence-electron chi connectivity index (χ0n) is 13.6. The molecule has 6 heteroatoms. The van der Waals surface area contributed by atoms with Crippen LogP contribution in [-0.2, 0) is 4.79 Å². The monoisotopic (exact) mass is 326 g/mol. The van der Waals surface area contributed by atoms with Crippen molar-refractivity contribution in [3.05, 3.63) is 48.3 Å². The SMILES string of the molecule is CCC(NC)C(=O)Nc1ccc2nc(-c3ccc(F)cc3)[nH]c2c1. The number of H-pyrrole nitrogens is 1. The first-order valence-corrected chi connectivity index (χ1v) is 7.84. The largest absolute Gasteiger partial charge is 0.338 e. The Hall–Kier alpha value is -2.73. The Balaban J connectivity index is 1.86. The molecule has 0 aliphatic rings. The van der Waals surface area contributed by atoms with Gasteiger partial charge in [0.15, 0.2) is 0 Å². The molecular weight excluding hydrogens is 307 g/mol. The minimum Gasteiger partial charge on any atom is -0.338 e. The van der Waals surface area contributed by atoms with Gasteiger partial charge in [-0.1, -0.05) is 6.92 Å². The van der Waals surface area contributed by atoms with Crippen LogP contribution in [0.2, 0.25) is 0 Å². The molecule has 0 radical (unpaired) electrons. The molecule has 1 amide bonds. The number of likely N-dealkylation sites (N-methyl/N-ethyl adjacent to an activating group) is 1. The first-order chi connectivity index (χ1) is 11.6. The van der Waals surface area contributed by atoms with Crippen molar-refractivity contribution in [2.75, 3.05) is 12.4 Å². The van der Waals surface area contributed by atoms with Gasteiger partial charge in [-0.3, -0.25) is 4.79 Å². The van der Waals surface area contributed by atoms with Crippen molar-refractivity contribution in [1.29, 1.82) is 0 Å². The minimum absolute atomic E-state index is 0.0716. The lowest BCUT2D eigenvalue weighted by atomic mass is 10.2. The van der Waals surface area contributed by atoms with Gasteiger partial charge in [0.1, 0.15) is 11.6 Å². The third-order valence-electron chi connectivity index (χ3n) is 3.94. The fraction of sp³-hybridized carbons (Fsp3) is 0.222. The number of aromatic amines is 1. The Labute approximate surface area is 139 Å². The molecule has 3 N–H and O–H groups in total. The number of benzene rings is 2. The highest BCUT2D eigenvalue weighted by atomic mass is 19.1. The van der Waals surface area contributed by atoms with Crippen molar-refractivity contribution in [1.82, 2.24) is 15.3 Å². The first kappa shape index (κ1) is 16.1. The van der Waals surface area contributed by atoms with Crippen molar-refractivity contribution in [2.24, 2.45) is 0 Å². The summed E-state index contributed by atoms with van der Waals surface area (Å²) >= 11 is 0. The highest BCUT2D eigenvalue weighted by Crippen LogP contribution is 2.23. The molecule has 3 aromatic rings. The standard InChI is InChI=1S/C18H19FN4O/c1-3-14(20-2)18(24)21-13-8-9-15-16(10-13)23-17(22-15)11-4-6-12(19)7-5-11/h4-10,14,20H,3H2,1-2H3,(H,21,24)(H,22,23). The summed E-state index contributed by atoms with van der Waals surface area (Å²) in [5, 5.41) is 5.87. The number of fused-ring (bicyclic) bond motifs is 1. The number of aromatic nitrogens is 2. The zero-order chi connectivity index (χ0) is 17.1. The van der Waals surface area contributed by atoms with Crippen molar-refractivity contribution < 1.29 is 9.18 Å². The van der Waals surface area contributed by atoms with Gasteiger partial charge in [-0.15, -0.1) is 0 Å². The molecule has 0 saturated heterocycles. The minimum atomic E-state index is -0.283. The highest BCUT2D eigenvalue weighted by molar-refractivity contribution is 5.96. The summed E-state index contributed by atoms with van der Waals surface area (Å²) in [6.07, 6.45) is 0.712. The smallest absolute Gasteiger partial charge is 0.241 e. The molecule has 0 spiro atoms. The van der Waals surface area contributed by atoms with E-state index in [1.54, 1.807) is 19.2 Å². The highest BCUT2D eigenvalue weighted by Gasteiger charge is 2.14. The van der Waals surface area contributed by atoms with Gasteiger partial charge in [0, 0.05) is 11.3 Å². The van der Waals surface area contributed by atoms with Crippen LogP contribution in [0.3, 0.4) is 0 Å². The molecule has 1 heterocycles. The second-order valence-electron chi connectivity index (χ2n) is 5.56. The quantitative estimate of drug-likeness (QED) is 0.674. The van der Waals surface area contributed by atoms with E-state index < -0.39 is 0 Å². The second-order valence-corrected chi connectivity index (χ2v) is 5.56. The van der Waals surface area contributed by atoms with Gasteiger partial charge in [0.05, 0.1) is 17.1 Å². The Bertz CT molecular complexity index is 853. The average molecular weight is 326 g/mol. The van der Waals surface area contributed by atoms with Crippen LogP contribution < -0.4 is 10.6 Å². The average Bonchev–Trinajstić information content (AvgIpc) is 3.00. The van der Waals surface area contributed by atoms with E-state index in [1.807, 2.05) is 25.1 Å². The molecule has 0 fully saturated rings. The lowest BCUT2D eigenvalue weighted by Gasteiger charge is -2.13. The third kappa shape index (κ3) is 3.28. The maximum absolute atomic E-state index is 13.0. The van der Waals surface area contributed by atoms with Gasteiger partial charge in [0.2, 0.25) is 5.91 Å². The van der Waals surface area contributed by atoms with E-state index in [2.05, 4.69) is 20.6 Å². The third-order valence-corrected chi connectivity index (χ3v) is 3.94. The molecule has 0 saturated carbocycles. The lowest BCUT2D eigenvalue weighted by Crippen LogP contribution is -2.37. The number of hydrogen-bond acceptors (Lipinski definition) is 3. The van der Waals surface area contributed by atoms with Gasteiger partial charge < -0.3 is 15.6 Å². The fourth-order valence-corrected chi connectivity index (χ4v) is 2.58. The predicted molar refractivity (Wildman–Crippen MR) is 93.3 cm³/mol. The molecule has 1 unspecified atom stereocenters. The Kier molecular flexibility index (Phi) is 4.57. The Morgan fingerprint density at radius 3 is 2.67 bits per heavy atom. The second kappa shape index (κ2) is 6.80. The van der Waals surface area contributed by atoms with Crippen molar-refractivity contribution >= 4 is 22.6 Å². The van der Waals surface area contributed by atoms with E-state index in [-0.39, 0.29) is 17.8 Å². The molecule has 24 heavy (non-hydrogen) atoms. The Morgan fingerprint density at radius 1 is 1.25 bits per heavy atom. The molecule has 124 valence electrons. The van der Waals surface area contributed by atoms with Gasteiger partial charge >= 0.3 is 0 Å². The summed E-state index contributed by atoms with van der Waals surface area (Å²) in [7, 11) is 1.76. The molecule has 1 atom stereocenters. The maximum atomic E-state index is 13.0. The topological polar surface area (TPSA) is 69.8 Å². The van der Waals surface area contributed by atoms with Crippen LogP contribution in [0, 0.1) is 5.82 Å². The molecule has 0 aliphatic carbocycles. The van der Waals surface area contributed by atoms with Crippen LogP contribution in [0.1, 0.15) is 13.3 Å². The predicted octanol–water partition coefficient (Wildman–Crippen LogP) is 3.31. The summed E-state index contributed by atoms with van der Waals surface area (Å²) in [6.45, 7) is 1.95. The van der Waals surface area contributed by atoms with E-state index in [9.17, 15) is 9.18 Å². The number of amides is 1. The van der Waals surface area contributed by atoms with E-state index in [1.165, 1.54) is 12.1 Å². The number of rotatable bonds is 5. The van der Waals surface area contributed by atoms with E-state index in [4.69, 9.17) is 0 Å². The van der Waals surface area contributed by atoms with E-state index >= 15 is 0 Å². The number of carbonyl (C=O) groups excluding carboxylic acids is 1. The zero-order valence-corrected chi connectivity index (χ0v) is 13.6. The summed E-state index contributed by atoms with van der Waals surface area (Å²) < 4.78 is 13.0. The number of halogens is 1. The normalized spacial score (nSPS) is 12.3. The lowest BCUT2D eigenvalue weighted by molar-refractivity contribution is -0.118. The van der Waals surface area contributed by atoms with Crippen LogP contribution in [0.5, 0.6) is 0 Å². The number of carbonyl (C=O) groups is 1. The van der Waals surface area contributed by atoms with Crippen LogP contribution in [0.25, 0.3) is 22.4 Å². The van der Waals surface area contributed by atoms with Crippen LogP contribution in [0.15, 0.2) is 42.5 Å². The summed E-state index contributed by atoms with van der Waals surface area (Å²) in [4.78, 5) is 19.8. The van der Waals surface area contributed by atoms with Crippen LogP contribution >= 0.6 is 0 Å². The number of anilines is 1. The first-order valence-electron chi connectivity index (χ1n) is 7.84. The molecule has 5 nitrogen and oxygen atoms in total. The Morgan fingerprint density at radius 2 is 2.00 bits per heavy atom. The molecule has 2 aromatic carbocycles. The van der Waals surface area contributed by atoms with Crippen LogP contribution in [0.4, 0.5) is 10.1 Å². The number of nitrogens with zero attached hydrogens (tertiary/aromatic N) is 1. The molecular formula is C18H19FN4O. The van der Waals surface area contributed by atoms with Crippen molar-refractivity contribution in [3.63, 3.8) is 0 Å². The van der Waals surface area contributed by atoms with Crippen molar-refractivity contribution in [3.8, 4) is 11.4 Å². The van der Waals surface area contributed by atoms with Gasteiger partial charge in [-0.05, 0) is 55.9 Å². The summed E-state index contributed by atoms with van der Waals surface area (Å²) in [5.74, 6) is 0.308. The van der Waals surface area contributed by atoms with Gasteiger partial charge in [0.25, 0.3) is 0 Å². The van der Waals surface area contributed by atoms with E-state index in [0.29, 0.717) is 17.9 Å². The summed E-state index contributed by atoms with van der Waals surface area (Å²) in [6, 6.07) is 11.4. The summed E-state index contributed by atoms with van der Waals surface area (Å²) in [5.41, 5.74) is 3.10. The maximum Gasteiger partial charge on any atom is 0.241 e. The van der Waals surface area contributed by atoms with Crippen LogP contribution in [-0.4, -0.2) is 29.0 Å². The number of imidazole rings is 1. The molecule has 0 bridgehead atoms. The van der Waals surface area contributed by atoms with Gasteiger partial charge in [-0.2, -0.15) is 0 Å². The van der Waals surface area contributed by atoms with E-state index in [0.717, 1.165) is 16.6 Å². The fourth-order valence-electron chi connectivity index (χ4n) is 2.58.